The summed E-state index contributed by atoms with van der Waals surface area (Å²) < 4.78 is 9.93. The molecule has 304 valence electrons. The number of aromatic nitrogens is 4. The molecule has 0 radical (unpaired) electrons. The van der Waals surface area contributed by atoms with Crippen molar-refractivity contribution in [3.8, 4) is 0 Å². The van der Waals surface area contributed by atoms with Crippen LogP contribution in [0.4, 0.5) is 0 Å². The van der Waals surface area contributed by atoms with Gasteiger partial charge < -0.3 is 101 Å². The van der Waals surface area contributed by atoms with E-state index in [1.165, 1.54) is 37.6 Å². The summed E-state index contributed by atoms with van der Waals surface area (Å²) in [6, 6.07) is 65.9. The Morgan fingerprint density at radius 1 is 0.197 bits per heavy atom. The normalized spacial score (nSPS) is 9.97. The van der Waals surface area contributed by atoms with Crippen molar-refractivity contribution in [3.05, 3.63) is 194 Å². The molecule has 4 aromatic heterocycles. The molecule has 0 aliphatic carbocycles. The Morgan fingerprint density at radius 2 is 0.311 bits per heavy atom. The molecule has 0 aliphatic heterocycles. The monoisotopic (exact) mass is 1320 g/mol. The Hall–Kier alpha value is -3.28. The van der Waals surface area contributed by atoms with E-state index in [0.29, 0.717) is 0 Å². The number of hydrogen-bond donors (Lipinski definition) is 0. The van der Waals surface area contributed by atoms with Crippen molar-refractivity contribution in [3.63, 3.8) is 0 Å². The molecule has 12 rings (SSSR count). The minimum atomic E-state index is 0. The molecule has 4 heterocycles. The molecule has 0 fully saturated rings. The first-order chi connectivity index (χ1) is 27.7. The van der Waals surface area contributed by atoms with E-state index in [1.54, 1.807) is 45.3 Å². The molecule has 13 heteroatoms. The molecule has 2 N–H and O–H groups in total. The van der Waals surface area contributed by atoms with Gasteiger partial charge in [-0.05, 0) is 48.5 Å². The van der Waals surface area contributed by atoms with Gasteiger partial charge in [0.25, 0.3) is 37.6 Å². The van der Waals surface area contributed by atoms with Crippen LogP contribution in [-0.4, -0.2) is 25.4 Å². The van der Waals surface area contributed by atoms with E-state index in [-0.39, 0.29) is 101 Å². The van der Waals surface area contributed by atoms with Gasteiger partial charge in [-0.15, -0.1) is 0 Å². The lowest BCUT2D eigenvalue weighted by atomic mass is 10.3. The highest BCUT2D eigenvalue weighted by molar-refractivity contribution is 7.25. The van der Waals surface area contributed by atoms with Crippen molar-refractivity contribution in [1.82, 2.24) is 19.9 Å². The highest BCUT2D eigenvalue weighted by Crippen LogP contribution is 2.28. The van der Waals surface area contributed by atoms with Crippen LogP contribution in [0.25, 0.3) is 81.7 Å². The number of nitrogens with zero attached hydrogens (tertiary/aromatic N) is 4. The summed E-state index contributed by atoms with van der Waals surface area (Å²) in [6.07, 6.45) is 0. The Bertz CT molecular complexity index is 2470. The second kappa shape index (κ2) is 24.5. The smallest absolute Gasteiger partial charge is 0.257 e. The third-order valence-electron chi connectivity index (χ3n) is 8.77. The van der Waals surface area contributed by atoms with Gasteiger partial charge in [0.15, 0.2) is 0 Å². The van der Waals surface area contributed by atoms with Gasteiger partial charge in [0.2, 0.25) is 45.3 Å². The first kappa shape index (κ1) is 50.4. The second-order valence-electron chi connectivity index (χ2n) is 12.6. The quantitative estimate of drug-likeness (QED) is 0.133. The van der Waals surface area contributed by atoms with Gasteiger partial charge in [0, 0.05) is 48.5 Å². The lowest BCUT2D eigenvalue weighted by molar-refractivity contribution is -0.00100. The van der Waals surface area contributed by atoms with Crippen LogP contribution in [0.1, 0.15) is 0 Å². The maximum atomic E-state index is 4.59. The molecule has 0 aliphatic rings. The predicted molar refractivity (Wildman–Crippen MR) is 250 cm³/mol. The third-order valence-corrected chi connectivity index (χ3v) is 13.3. The van der Waals surface area contributed by atoms with E-state index in [0.717, 1.165) is 44.1 Å². The van der Waals surface area contributed by atoms with Crippen LogP contribution < -0.4 is 95.9 Å². The number of rotatable bonds is 0. The Balaban J connectivity index is 0.000000174. The summed E-state index contributed by atoms with van der Waals surface area (Å²) in [6.45, 7) is 0. The van der Waals surface area contributed by atoms with Gasteiger partial charge in [0.05, 0.1) is 0 Å². The van der Waals surface area contributed by atoms with Crippen molar-refractivity contribution >= 4 is 127 Å². The highest BCUT2D eigenvalue weighted by atomic mass is 127. The van der Waals surface area contributed by atoms with Crippen LogP contribution in [0.15, 0.2) is 194 Å². The lowest BCUT2D eigenvalue weighted by Gasteiger charge is -1.89. The van der Waals surface area contributed by atoms with Crippen molar-refractivity contribution in [2.24, 2.45) is 0 Å². The fourth-order valence-electron chi connectivity index (χ4n) is 6.08. The first-order valence-corrected chi connectivity index (χ1v) is 21.3. The molecule has 0 bridgehead atoms. The molecule has 0 amide bonds. The predicted octanol–water partition coefficient (Wildman–Crippen LogP) is 2.11. The van der Waals surface area contributed by atoms with E-state index < -0.39 is 0 Å². The van der Waals surface area contributed by atoms with E-state index in [1.807, 2.05) is 48.5 Å². The van der Waals surface area contributed by atoms with Crippen molar-refractivity contribution in [2.45, 2.75) is 0 Å². The fourth-order valence-corrected chi connectivity index (χ4v) is 9.95. The maximum Gasteiger partial charge on any atom is 0.257 e. The summed E-state index contributed by atoms with van der Waals surface area (Å²) in [7, 11) is 0. The van der Waals surface area contributed by atoms with Crippen molar-refractivity contribution < 1.29 is 101 Å². The average molecular weight is 1320 g/mol. The lowest BCUT2D eigenvalue weighted by Crippen LogP contribution is -3.00. The second-order valence-corrected chi connectivity index (χ2v) is 16.9. The molecule has 8 aromatic carbocycles. The van der Waals surface area contributed by atoms with E-state index in [2.05, 4.69) is 166 Å². The molecule has 0 saturated heterocycles. The topological polar surface area (TPSA) is 83.1 Å². The molecule has 61 heavy (non-hydrogen) atoms. The SMILES string of the molecule is O.[I-].[I-].[I-].[I-].c1ccc2[s+]c3ccccc3nc2c1.c1ccc2[s+]c3ccccc3nc2c1.c1ccc2[s+]c3ccccc3nc2c1.c1ccc2[s+]c3ccccc3nc2c1. The molecular weight excluding hydrogens is 1280 g/mol. The number of para-hydroxylation sites is 8. The number of halogens is 4. The van der Waals surface area contributed by atoms with E-state index in [4.69, 9.17) is 0 Å². The zero-order chi connectivity index (χ0) is 37.5. The molecule has 12 aromatic rings. The number of fused-ring (bicyclic) bond motifs is 8. The fraction of sp³-hybridized carbons (Fsp3) is 0. The average Bonchev–Trinajstić information content (AvgIpc) is 3.27. The van der Waals surface area contributed by atoms with Gasteiger partial charge >= 0.3 is 0 Å². The summed E-state index contributed by atoms with van der Waals surface area (Å²) in [5, 5.41) is 0. The molecule has 0 unspecified atom stereocenters. The third kappa shape index (κ3) is 12.5. The first-order valence-electron chi connectivity index (χ1n) is 18.0. The van der Waals surface area contributed by atoms with Crippen LogP contribution in [-0.2, 0) is 0 Å². The number of hydrogen-bond acceptors (Lipinski definition) is 4. The van der Waals surface area contributed by atoms with Crippen LogP contribution in [0.2, 0.25) is 0 Å². The van der Waals surface area contributed by atoms with Gasteiger partial charge in [0.1, 0.15) is 44.1 Å². The van der Waals surface area contributed by atoms with Gasteiger partial charge in [-0.3, -0.25) is 0 Å². The zero-order valence-corrected chi connectivity index (χ0v) is 43.8. The van der Waals surface area contributed by atoms with Crippen molar-refractivity contribution in [1.29, 1.82) is 0 Å². The minimum Gasteiger partial charge on any atom is -1.00 e. The number of benzene rings is 8. The summed E-state index contributed by atoms with van der Waals surface area (Å²) in [5.74, 6) is 0. The zero-order valence-electron chi connectivity index (χ0n) is 31.9. The Kier molecular flexibility index (Phi) is 20.3. The van der Waals surface area contributed by atoms with Crippen LogP contribution in [0.3, 0.4) is 0 Å². The molecular formula is C48H34I4N4OS4. The van der Waals surface area contributed by atoms with Gasteiger partial charge in [-0.1, -0.05) is 97.1 Å². The van der Waals surface area contributed by atoms with Crippen molar-refractivity contribution in [2.75, 3.05) is 0 Å². The highest BCUT2D eigenvalue weighted by Gasteiger charge is 2.13. The molecule has 0 atom stereocenters. The Labute approximate surface area is 437 Å². The van der Waals surface area contributed by atoms with Crippen LogP contribution in [0, 0.1) is 0 Å². The summed E-state index contributed by atoms with van der Waals surface area (Å²) >= 11 is 7.15. The molecule has 5 nitrogen and oxygen atoms in total. The molecule has 0 spiro atoms. The Morgan fingerprint density at radius 3 is 0.443 bits per heavy atom. The van der Waals surface area contributed by atoms with Crippen LogP contribution in [0.5, 0.6) is 0 Å². The summed E-state index contributed by atoms with van der Waals surface area (Å²) in [5.41, 5.74) is 8.64. The van der Waals surface area contributed by atoms with E-state index >= 15 is 0 Å². The largest absolute Gasteiger partial charge is 1.00 e. The van der Waals surface area contributed by atoms with Gasteiger partial charge in [-0.25, -0.2) is 19.9 Å². The van der Waals surface area contributed by atoms with Crippen LogP contribution >= 0.6 is 45.3 Å². The van der Waals surface area contributed by atoms with E-state index in [9.17, 15) is 0 Å². The summed E-state index contributed by atoms with van der Waals surface area (Å²) in [4.78, 5) is 18.4. The molecule has 0 saturated carbocycles. The van der Waals surface area contributed by atoms with Gasteiger partial charge in [-0.2, -0.15) is 0 Å². The standard InChI is InChI=1S/4C12H8NS.4HI.H2O/c4*1-3-7-11-9(5-1)13-10-6-2-4-8-12(10)14-11;;;;;/h4*1-8H;4*1H;1H2/q4*+1;;;;;/p-4. The maximum absolute atomic E-state index is 4.59. The minimum absolute atomic E-state index is 0.